The van der Waals surface area contributed by atoms with E-state index in [4.69, 9.17) is 0 Å². The van der Waals surface area contributed by atoms with Gasteiger partial charge in [0.15, 0.2) is 0 Å². The fraction of sp³-hybridized carbons (Fsp3) is 0.267. The fourth-order valence-corrected chi connectivity index (χ4v) is 2.82. The first-order valence-electron chi connectivity index (χ1n) is 5.92. The molecule has 0 saturated heterocycles. The zero-order valence-electron chi connectivity index (χ0n) is 9.94. The Morgan fingerprint density at radius 1 is 1.12 bits per heavy atom. The smallest absolute Gasteiger partial charge is 0.0438 e. The monoisotopic (exact) mass is 289 g/mol. The van der Waals surface area contributed by atoms with E-state index in [1.165, 1.54) is 16.7 Å². The number of rotatable bonds is 4. The molecule has 1 atom stereocenters. The van der Waals surface area contributed by atoms with Crippen LogP contribution in [0.15, 0.2) is 48.8 Å². The molecule has 2 heteroatoms. The largest absolute Gasteiger partial charge is 0.265 e. The molecule has 0 aliphatic rings. The van der Waals surface area contributed by atoms with Crippen LogP contribution in [0, 0.1) is 0 Å². The first kappa shape index (κ1) is 12.3. The summed E-state index contributed by atoms with van der Waals surface area (Å²) >= 11 is 3.79. The van der Waals surface area contributed by atoms with E-state index in [1.807, 2.05) is 12.4 Å². The Morgan fingerprint density at radius 3 is 2.53 bits per heavy atom. The number of hydrogen-bond donors (Lipinski definition) is 0. The van der Waals surface area contributed by atoms with E-state index < -0.39 is 0 Å². The highest BCUT2D eigenvalue weighted by molar-refractivity contribution is 9.09. The summed E-state index contributed by atoms with van der Waals surface area (Å²) in [6, 6.07) is 12.8. The van der Waals surface area contributed by atoms with Crippen LogP contribution in [-0.2, 0) is 12.8 Å². The number of nitrogens with zero attached hydrogens (tertiary/aromatic N) is 1. The van der Waals surface area contributed by atoms with Crippen molar-refractivity contribution < 1.29 is 0 Å². The highest BCUT2D eigenvalue weighted by atomic mass is 79.9. The molecule has 0 aliphatic carbocycles. The molecule has 0 bridgehead atoms. The van der Waals surface area contributed by atoms with Crippen LogP contribution >= 0.6 is 15.9 Å². The zero-order chi connectivity index (χ0) is 12.1. The lowest BCUT2D eigenvalue weighted by molar-refractivity contribution is 0.918. The first-order valence-corrected chi connectivity index (χ1v) is 6.83. The van der Waals surface area contributed by atoms with Crippen LogP contribution < -0.4 is 0 Å². The van der Waals surface area contributed by atoms with Crippen LogP contribution in [0.2, 0.25) is 0 Å². The molecule has 2 rings (SSSR count). The Labute approximate surface area is 111 Å². The highest BCUT2D eigenvalue weighted by Crippen LogP contribution is 2.29. The van der Waals surface area contributed by atoms with Crippen LogP contribution in [0.4, 0.5) is 0 Å². The van der Waals surface area contributed by atoms with E-state index in [9.17, 15) is 0 Å². The second-order valence-corrected chi connectivity index (χ2v) is 5.18. The lowest BCUT2D eigenvalue weighted by atomic mass is 9.99. The number of benzene rings is 1. The van der Waals surface area contributed by atoms with Crippen molar-refractivity contribution in [3.8, 4) is 0 Å². The third-order valence-corrected chi connectivity index (χ3v) is 3.75. The highest BCUT2D eigenvalue weighted by Gasteiger charge is 2.11. The summed E-state index contributed by atoms with van der Waals surface area (Å²) in [5.74, 6) is 0. The molecule has 0 amide bonds. The topological polar surface area (TPSA) is 12.9 Å². The quantitative estimate of drug-likeness (QED) is 0.764. The van der Waals surface area contributed by atoms with Crippen LogP contribution in [0.3, 0.4) is 0 Å². The Balaban J connectivity index is 2.17. The maximum atomic E-state index is 4.04. The summed E-state index contributed by atoms with van der Waals surface area (Å²) in [7, 11) is 0. The van der Waals surface area contributed by atoms with E-state index in [1.54, 1.807) is 0 Å². The van der Waals surface area contributed by atoms with Crippen LogP contribution in [0.25, 0.3) is 0 Å². The molecule has 1 aromatic heterocycles. The van der Waals surface area contributed by atoms with Crippen LogP contribution in [-0.4, -0.2) is 4.98 Å². The second-order valence-electron chi connectivity index (χ2n) is 4.08. The Bertz CT molecular complexity index is 467. The molecule has 1 aromatic carbocycles. The molecule has 1 nitrogen and oxygen atoms in total. The van der Waals surface area contributed by atoms with Crippen molar-refractivity contribution in [3.05, 3.63) is 65.5 Å². The standard InChI is InChI=1S/C15H16BrN/c1-2-13-5-3-4-6-14(13)15(16)11-12-7-9-17-10-8-12/h3-10,15H,2,11H2,1H3. The molecule has 2 aromatic rings. The van der Waals surface area contributed by atoms with Gasteiger partial charge in [-0.1, -0.05) is 47.1 Å². The van der Waals surface area contributed by atoms with E-state index in [2.05, 4.69) is 64.2 Å². The first-order chi connectivity index (χ1) is 8.31. The second kappa shape index (κ2) is 5.97. The lowest BCUT2D eigenvalue weighted by Gasteiger charge is -2.14. The van der Waals surface area contributed by atoms with Gasteiger partial charge in [-0.15, -0.1) is 0 Å². The fourth-order valence-electron chi connectivity index (χ4n) is 2.00. The summed E-state index contributed by atoms with van der Waals surface area (Å²) in [6.45, 7) is 2.20. The van der Waals surface area contributed by atoms with Gasteiger partial charge in [0.05, 0.1) is 0 Å². The summed E-state index contributed by atoms with van der Waals surface area (Å²) in [5, 5.41) is 0. The average molecular weight is 290 g/mol. The van der Waals surface area contributed by atoms with Gasteiger partial charge in [0.2, 0.25) is 0 Å². The van der Waals surface area contributed by atoms with Gasteiger partial charge in [0.1, 0.15) is 0 Å². The maximum Gasteiger partial charge on any atom is 0.0438 e. The van der Waals surface area contributed by atoms with E-state index >= 15 is 0 Å². The van der Waals surface area contributed by atoms with Gasteiger partial charge < -0.3 is 0 Å². The third kappa shape index (κ3) is 3.16. The normalized spacial score (nSPS) is 12.4. The molecule has 0 saturated carbocycles. The van der Waals surface area contributed by atoms with Gasteiger partial charge in [0, 0.05) is 17.2 Å². The van der Waals surface area contributed by atoms with Crippen molar-refractivity contribution >= 4 is 15.9 Å². The molecular weight excluding hydrogens is 274 g/mol. The Kier molecular flexibility index (Phi) is 4.32. The Hall–Kier alpha value is -1.15. The van der Waals surface area contributed by atoms with Gasteiger partial charge in [0.25, 0.3) is 0 Å². The van der Waals surface area contributed by atoms with Gasteiger partial charge in [-0.2, -0.15) is 0 Å². The van der Waals surface area contributed by atoms with Crippen molar-refractivity contribution in [1.82, 2.24) is 4.98 Å². The SMILES string of the molecule is CCc1ccccc1C(Br)Cc1ccncc1. The van der Waals surface area contributed by atoms with E-state index in [0.29, 0.717) is 4.83 Å². The lowest BCUT2D eigenvalue weighted by Crippen LogP contribution is -1.99. The molecule has 0 radical (unpaired) electrons. The number of alkyl halides is 1. The van der Waals surface area contributed by atoms with Crippen molar-refractivity contribution in [3.63, 3.8) is 0 Å². The molecule has 17 heavy (non-hydrogen) atoms. The minimum atomic E-state index is 0.376. The molecule has 1 heterocycles. The predicted octanol–water partition coefficient (Wildman–Crippen LogP) is 4.32. The van der Waals surface area contributed by atoms with Gasteiger partial charge in [-0.25, -0.2) is 0 Å². The third-order valence-electron chi connectivity index (χ3n) is 2.94. The summed E-state index contributed by atoms with van der Waals surface area (Å²) in [6.07, 6.45) is 5.77. The van der Waals surface area contributed by atoms with Gasteiger partial charge >= 0.3 is 0 Å². The molecule has 0 aliphatic heterocycles. The Morgan fingerprint density at radius 2 is 1.82 bits per heavy atom. The zero-order valence-corrected chi connectivity index (χ0v) is 11.5. The number of aryl methyl sites for hydroxylation is 1. The summed E-state index contributed by atoms with van der Waals surface area (Å²) in [4.78, 5) is 4.42. The van der Waals surface area contributed by atoms with Gasteiger partial charge in [-0.3, -0.25) is 4.98 Å². The van der Waals surface area contributed by atoms with Crippen molar-refractivity contribution in [2.75, 3.05) is 0 Å². The number of pyridine rings is 1. The van der Waals surface area contributed by atoms with Crippen molar-refractivity contribution in [2.24, 2.45) is 0 Å². The van der Waals surface area contributed by atoms with Gasteiger partial charge in [-0.05, 0) is 41.7 Å². The number of hydrogen-bond acceptors (Lipinski definition) is 1. The molecule has 1 unspecified atom stereocenters. The molecule has 0 spiro atoms. The molecular formula is C15H16BrN. The van der Waals surface area contributed by atoms with Crippen molar-refractivity contribution in [2.45, 2.75) is 24.6 Å². The van der Waals surface area contributed by atoms with Crippen molar-refractivity contribution in [1.29, 1.82) is 0 Å². The molecule has 88 valence electrons. The maximum absolute atomic E-state index is 4.04. The minimum Gasteiger partial charge on any atom is -0.265 e. The average Bonchev–Trinajstić information content (AvgIpc) is 2.40. The summed E-state index contributed by atoms with van der Waals surface area (Å²) < 4.78 is 0. The predicted molar refractivity (Wildman–Crippen MR) is 75.4 cm³/mol. The van der Waals surface area contributed by atoms with E-state index in [-0.39, 0.29) is 0 Å². The molecule has 0 N–H and O–H groups in total. The van der Waals surface area contributed by atoms with Crippen LogP contribution in [0.5, 0.6) is 0 Å². The van der Waals surface area contributed by atoms with Crippen LogP contribution in [0.1, 0.15) is 28.4 Å². The number of aromatic nitrogens is 1. The number of halogens is 1. The minimum absolute atomic E-state index is 0.376. The summed E-state index contributed by atoms with van der Waals surface area (Å²) in [5.41, 5.74) is 4.13. The molecule has 0 fully saturated rings. The van der Waals surface area contributed by atoms with E-state index in [0.717, 1.165) is 12.8 Å².